The van der Waals surface area contributed by atoms with Crippen molar-refractivity contribution in [2.75, 3.05) is 20.1 Å². The van der Waals surface area contributed by atoms with E-state index >= 15 is 0 Å². The van der Waals surface area contributed by atoms with Crippen LogP contribution in [0.4, 0.5) is 4.79 Å². The third kappa shape index (κ3) is 16.9. The normalized spacial score (nSPS) is 12.4. The fourth-order valence-corrected chi connectivity index (χ4v) is 3.78. The molecule has 0 heterocycles. The summed E-state index contributed by atoms with van der Waals surface area (Å²) in [6, 6.07) is 9.85. The van der Waals surface area contributed by atoms with Gasteiger partial charge in [0.1, 0.15) is 12.4 Å². The van der Waals surface area contributed by atoms with Crippen molar-refractivity contribution >= 4 is 23.8 Å². The maximum absolute atomic E-state index is 13.3. The molecule has 2 amide bonds. The predicted molar refractivity (Wildman–Crippen MR) is 173 cm³/mol. The predicted octanol–water partition coefficient (Wildman–Crippen LogP) is 9.15. The summed E-state index contributed by atoms with van der Waals surface area (Å²) in [5.74, 6) is 0.755. The summed E-state index contributed by atoms with van der Waals surface area (Å²) in [5.41, 5.74) is 7.41. The van der Waals surface area contributed by atoms with Crippen LogP contribution in [0.5, 0.6) is 0 Å². The van der Waals surface area contributed by atoms with Gasteiger partial charge >= 0.3 is 6.03 Å². The average molecular weight is 573 g/mol. The minimum absolute atomic E-state index is 0.173. The largest absolute Gasteiger partial charge is 0.489 e. The highest BCUT2D eigenvalue weighted by molar-refractivity contribution is 6.34. The van der Waals surface area contributed by atoms with Gasteiger partial charge in [-0.2, -0.15) is 5.10 Å². The number of nitrogens with zero attached hydrogens (tertiary/aromatic N) is 3. The Morgan fingerprint density at radius 3 is 2.30 bits per heavy atom. The van der Waals surface area contributed by atoms with E-state index in [4.69, 9.17) is 22.1 Å². The highest BCUT2D eigenvalue weighted by Crippen LogP contribution is 2.14. The molecule has 0 saturated heterocycles. The zero-order valence-electron chi connectivity index (χ0n) is 25.7. The molecule has 6 nitrogen and oxygen atoms in total. The van der Waals surface area contributed by atoms with E-state index in [-0.39, 0.29) is 6.03 Å². The van der Waals surface area contributed by atoms with Crippen LogP contribution in [0.2, 0.25) is 0 Å². The summed E-state index contributed by atoms with van der Waals surface area (Å²) in [4.78, 5) is 14.9. The molecule has 0 aromatic heterocycles. The van der Waals surface area contributed by atoms with Crippen molar-refractivity contribution in [3.8, 4) is 0 Å². The van der Waals surface area contributed by atoms with Gasteiger partial charge in [0.2, 0.25) is 0 Å². The maximum atomic E-state index is 13.3. The maximum Gasteiger partial charge on any atom is 0.340 e. The summed E-state index contributed by atoms with van der Waals surface area (Å²) in [7, 11) is 1.77. The van der Waals surface area contributed by atoms with E-state index in [0.29, 0.717) is 30.3 Å². The average Bonchev–Trinajstić information content (AvgIpc) is 2.99. The van der Waals surface area contributed by atoms with Gasteiger partial charge in [-0.05, 0) is 37.5 Å². The quantitative estimate of drug-likeness (QED) is 0.0626. The number of likely N-dealkylation sites (N-methyl/N-ethyl adjacent to an activating group) is 1. The lowest BCUT2D eigenvalue weighted by molar-refractivity contribution is 0.168. The Morgan fingerprint density at radius 2 is 1.70 bits per heavy atom. The summed E-state index contributed by atoms with van der Waals surface area (Å²) >= 11 is 6.24. The second-order valence-corrected chi connectivity index (χ2v) is 9.51. The molecule has 0 aliphatic rings. The first-order valence-electron chi connectivity index (χ1n) is 14.8. The second-order valence-electron chi connectivity index (χ2n) is 9.10. The Labute approximate surface area is 249 Å². The van der Waals surface area contributed by atoms with Gasteiger partial charge in [0.25, 0.3) is 0 Å². The van der Waals surface area contributed by atoms with Gasteiger partial charge in [0.15, 0.2) is 0 Å². The van der Waals surface area contributed by atoms with Gasteiger partial charge in [0, 0.05) is 31.9 Å². The zero-order chi connectivity index (χ0) is 30.0. The highest BCUT2D eigenvalue weighted by atomic mass is 35.5. The Morgan fingerprint density at radius 1 is 1.05 bits per heavy atom. The summed E-state index contributed by atoms with van der Waals surface area (Å²) < 4.78 is 5.89. The Kier molecular flexibility index (Phi) is 23.1. The first-order chi connectivity index (χ1) is 19.5. The molecule has 0 radical (unpaired) electrons. The van der Waals surface area contributed by atoms with Crippen LogP contribution in [0.25, 0.3) is 0 Å². The molecule has 0 spiro atoms. The molecular weight excluding hydrogens is 520 g/mol. The monoisotopic (exact) mass is 572 g/mol. The third-order valence-corrected chi connectivity index (χ3v) is 6.24. The smallest absolute Gasteiger partial charge is 0.340 e. The minimum atomic E-state index is -0.173. The molecule has 1 aromatic carbocycles. The van der Waals surface area contributed by atoms with Gasteiger partial charge in [-0.15, -0.1) is 0 Å². The molecule has 0 atom stereocenters. The van der Waals surface area contributed by atoms with Gasteiger partial charge in [-0.25, -0.2) is 9.80 Å². The number of nitrogens with two attached hydrogens (primary N) is 1. The molecule has 7 heteroatoms. The van der Waals surface area contributed by atoms with Crippen molar-refractivity contribution in [2.24, 2.45) is 10.8 Å². The Hall–Kier alpha value is -2.99. The molecule has 0 bridgehead atoms. The van der Waals surface area contributed by atoms with Crippen molar-refractivity contribution in [3.63, 3.8) is 0 Å². The lowest BCUT2D eigenvalue weighted by Crippen LogP contribution is -2.39. The first-order valence-corrected chi connectivity index (χ1v) is 15.2. The van der Waals surface area contributed by atoms with Crippen LogP contribution in [-0.4, -0.2) is 42.3 Å². The lowest BCUT2D eigenvalue weighted by Gasteiger charge is -2.24. The SMILES string of the molecule is C/C=C(\C=C/CN(C)C(=O)N(CCCCCCCCC)/N=C/C(=C/CC)C(/Cl)=C\N)OCc1ccccc1.CC. The van der Waals surface area contributed by atoms with E-state index in [1.165, 1.54) is 43.3 Å². The number of carbonyl (C=O) groups excluding carboxylic acids is 1. The van der Waals surface area contributed by atoms with Crippen LogP contribution in [0.1, 0.15) is 91.5 Å². The van der Waals surface area contributed by atoms with Gasteiger partial charge in [-0.1, -0.05) is 120 Å². The van der Waals surface area contributed by atoms with Crippen molar-refractivity contribution in [1.29, 1.82) is 0 Å². The number of allylic oxidation sites excluding steroid dienone is 5. The molecule has 0 saturated carbocycles. The number of halogens is 1. The summed E-state index contributed by atoms with van der Waals surface area (Å²) in [5, 5.41) is 6.44. The number of hydrazone groups is 1. The fourth-order valence-electron chi connectivity index (χ4n) is 3.65. The van der Waals surface area contributed by atoms with Gasteiger partial charge in [-0.3, -0.25) is 0 Å². The number of carbonyl (C=O) groups is 1. The number of benzene rings is 1. The number of rotatable bonds is 18. The molecule has 40 heavy (non-hydrogen) atoms. The third-order valence-electron chi connectivity index (χ3n) is 5.90. The van der Waals surface area contributed by atoms with Crippen LogP contribution < -0.4 is 5.73 Å². The fraction of sp³-hybridized carbons (Fsp3) is 0.515. The highest BCUT2D eigenvalue weighted by Gasteiger charge is 2.16. The molecule has 1 rings (SSSR count). The van der Waals surface area contributed by atoms with Gasteiger partial charge in [0.05, 0.1) is 11.2 Å². The topological polar surface area (TPSA) is 71.2 Å². The van der Waals surface area contributed by atoms with Crippen molar-refractivity contribution in [3.05, 3.63) is 82.8 Å². The number of ether oxygens (including phenoxy) is 1. The first kappa shape index (κ1) is 37.0. The zero-order valence-corrected chi connectivity index (χ0v) is 26.5. The molecule has 224 valence electrons. The van der Waals surface area contributed by atoms with Crippen LogP contribution in [0.3, 0.4) is 0 Å². The van der Waals surface area contributed by atoms with Crippen molar-refractivity contribution in [2.45, 2.75) is 92.6 Å². The number of urea groups is 1. The summed E-state index contributed by atoms with van der Waals surface area (Å²) in [6.07, 6.45) is 19.5. The van der Waals surface area contributed by atoms with Crippen LogP contribution in [0, 0.1) is 0 Å². The van der Waals surface area contributed by atoms with E-state index in [1.807, 2.05) is 82.3 Å². The molecule has 0 fully saturated rings. The van der Waals surface area contributed by atoms with Crippen molar-refractivity contribution in [1.82, 2.24) is 9.91 Å². The van der Waals surface area contributed by atoms with E-state index < -0.39 is 0 Å². The number of hydrogen-bond donors (Lipinski definition) is 1. The van der Waals surface area contributed by atoms with Crippen LogP contribution >= 0.6 is 11.6 Å². The molecule has 2 N–H and O–H groups in total. The van der Waals surface area contributed by atoms with Crippen molar-refractivity contribution < 1.29 is 9.53 Å². The minimum Gasteiger partial charge on any atom is -0.489 e. The molecule has 0 aliphatic heterocycles. The standard InChI is InChI=1S/C31H47ClN4O2.C2H6/c1-5-8-9-10-11-12-16-23-36(34-25-28(18-6-2)30(32)24-33)31(37)35(4)22-17-21-29(7-3)38-26-27-19-14-13-15-20-27;1-2/h7,13-15,17-21,24-25H,5-6,8-12,16,22-23,26,33H2,1-4H3;1-2H3/b21-17-,28-18-,29-7+,30-24+,34-25+;. The van der Waals surface area contributed by atoms with Crippen LogP contribution in [-0.2, 0) is 11.3 Å². The number of amides is 2. The Balaban J connectivity index is 0.00000742. The second kappa shape index (κ2) is 25.0. The van der Waals surface area contributed by atoms with E-state index in [2.05, 4.69) is 12.0 Å². The Bertz CT molecular complexity index is 939. The van der Waals surface area contributed by atoms with E-state index in [9.17, 15) is 4.79 Å². The lowest BCUT2D eigenvalue weighted by atomic mass is 10.1. The van der Waals surface area contributed by atoms with E-state index in [1.54, 1.807) is 18.2 Å². The van der Waals surface area contributed by atoms with Gasteiger partial charge < -0.3 is 15.4 Å². The summed E-state index contributed by atoms with van der Waals surface area (Å²) in [6.45, 7) is 11.6. The van der Waals surface area contributed by atoms with E-state index in [0.717, 1.165) is 30.6 Å². The molecule has 0 aliphatic carbocycles. The number of hydrogen-bond acceptors (Lipinski definition) is 4. The molecular formula is C33H53ClN4O2. The molecule has 0 unspecified atom stereocenters. The molecule has 1 aromatic rings. The van der Waals surface area contributed by atoms with Crippen LogP contribution in [0.15, 0.2) is 82.3 Å². The number of unbranched alkanes of at least 4 members (excludes halogenated alkanes) is 6.